The number of pyridine rings is 1. The van der Waals surface area contributed by atoms with Crippen molar-refractivity contribution in [3.05, 3.63) is 23.5 Å². The summed E-state index contributed by atoms with van der Waals surface area (Å²) in [6, 6.07) is 5.71. The van der Waals surface area contributed by atoms with Gasteiger partial charge in [-0.05, 0) is 32.5 Å². The maximum atomic E-state index is 8.65. The van der Waals surface area contributed by atoms with Gasteiger partial charge in [0.05, 0.1) is 5.69 Å². The minimum absolute atomic E-state index is 0.467. The van der Waals surface area contributed by atoms with E-state index in [1.165, 1.54) is 0 Å². The van der Waals surface area contributed by atoms with Gasteiger partial charge in [-0.25, -0.2) is 0 Å². The number of aryl methyl sites for hydroxylation is 1. The first-order valence-electron chi connectivity index (χ1n) is 4.90. The molecule has 0 aliphatic rings. The predicted molar refractivity (Wildman–Crippen MR) is 57.4 cm³/mol. The molecule has 0 saturated heterocycles. The molecule has 1 rings (SSSR count). The Balaban J connectivity index is 2.91. The van der Waals surface area contributed by atoms with Gasteiger partial charge >= 0.3 is 0 Å². The van der Waals surface area contributed by atoms with Crippen LogP contribution in [0.25, 0.3) is 0 Å². The smallest absolute Gasteiger partial charge is 0.181 e. The number of nitrogens with zero attached hydrogens (tertiary/aromatic N) is 2. The molecule has 80 valence electrons. The molecule has 0 amide bonds. The third-order valence-corrected chi connectivity index (χ3v) is 1.94. The van der Waals surface area contributed by atoms with Gasteiger partial charge < -0.3 is 10.5 Å². The Labute approximate surface area is 89.7 Å². The summed E-state index contributed by atoms with van der Waals surface area (Å²) >= 11 is 0. The molecule has 1 aromatic rings. The molecule has 0 aromatic carbocycles. The van der Waals surface area contributed by atoms with Crippen LogP contribution >= 0.6 is 0 Å². The molecule has 0 bridgehead atoms. The highest BCUT2D eigenvalue weighted by atomic mass is 16.5. The Morgan fingerprint density at radius 2 is 2.33 bits per heavy atom. The molecular weight excluding hydrogens is 190 g/mol. The van der Waals surface area contributed by atoms with Crippen LogP contribution < -0.4 is 10.5 Å². The molecule has 15 heavy (non-hydrogen) atoms. The summed E-state index contributed by atoms with van der Waals surface area (Å²) in [5, 5.41) is 8.65. The van der Waals surface area contributed by atoms with Gasteiger partial charge in [0, 0.05) is 12.1 Å². The lowest BCUT2D eigenvalue weighted by atomic mass is 10.2. The average Bonchev–Trinajstić information content (AvgIpc) is 2.22. The van der Waals surface area contributed by atoms with Crippen molar-refractivity contribution in [1.82, 2.24) is 4.98 Å². The first-order chi connectivity index (χ1) is 7.17. The van der Waals surface area contributed by atoms with Crippen molar-refractivity contribution in [3.8, 4) is 11.8 Å². The molecule has 4 heteroatoms. The predicted octanol–water partition coefficient (Wildman–Crippen LogP) is 1.18. The van der Waals surface area contributed by atoms with Gasteiger partial charge in [0.1, 0.15) is 11.8 Å². The summed E-state index contributed by atoms with van der Waals surface area (Å²) in [4.78, 5) is 4.34. The standard InChI is InChI=1S/C11H15N3O/c1-8-3-4-11(15-9(2)7-13)10(14-8)5-6-12/h3-4,9H,5-6,12H2,1-2H3. The number of aromatic nitrogens is 1. The highest BCUT2D eigenvalue weighted by Crippen LogP contribution is 2.18. The summed E-state index contributed by atoms with van der Waals surface area (Å²) < 4.78 is 5.42. The van der Waals surface area contributed by atoms with E-state index in [9.17, 15) is 0 Å². The molecular formula is C11H15N3O. The fourth-order valence-electron chi connectivity index (χ4n) is 1.24. The summed E-state index contributed by atoms with van der Waals surface area (Å²) in [5.41, 5.74) is 7.23. The van der Waals surface area contributed by atoms with E-state index >= 15 is 0 Å². The largest absolute Gasteiger partial charge is 0.474 e. The van der Waals surface area contributed by atoms with Crippen molar-refractivity contribution in [2.75, 3.05) is 6.54 Å². The quantitative estimate of drug-likeness (QED) is 0.801. The van der Waals surface area contributed by atoms with Crippen molar-refractivity contribution >= 4 is 0 Å². The van der Waals surface area contributed by atoms with E-state index in [2.05, 4.69) is 4.98 Å². The van der Waals surface area contributed by atoms with Crippen LogP contribution in [0, 0.1) is 18.3 Å². The molecule has 1 atom stereocenters. The molecule has 0 saturated carbocycles. The lowest BCUT2D eigenvalue weighted by Crippen LogP contribution is -2.13. The van der Waals surface area contributed by atoms with E-state index < -0.39 is 6.10 Å². The third kappa shape index (κ3) is 3.22. The molecule has 1 heterocycles. The zero-order chi connectivity index (χ0) is 11.3. The molecule has 0 aliphatic heterocycles. The van der Waals surface area contributed by atoms with E-state index in [0.29, 0.717) is 18.7 Å². The van der Waals surface area contributed by atoms with Gasteiger partial charge in [-0.15, -0.1) is 0 Å². The van der Waals surface area contributed by atoms with Gasteiger partial charge in [0.2, 0.25) is 0 Å². The van der Waals surface area contributed by atoms with Crippen molar-refractivity contribution in [2.24, 2.45) is 5.73 Å². The fourth-order valence-corrected chi connectivity index (χ4v) is 1.24. The number of hydrogen-bond acceptors (Lipinski definition) is 4. The topological polar surface area (TPSA) is 71.9 Å². The van der Waals surface area contributed by atoms with E-state index in [-0.39, 0.29) is 0 Å². The second-order valence-corrected chi connectivity index (χ2v) is 3.33. The molecule has 1 aromatic heterocycles. The van der Waals surface area contributed by atoms with Gasteiger partial charge in [0.25, 0.3) is 0 Å². The fraction of sp³-hybridized carbons (Fsp3) is 0.455. The Hall–Kier alpha value is -1.60. The Morgan fingerprint density at radius 3 is 2.93 bits per heavy atom. The van der Waals surface area contributed by atoms with Gasteiger partial charge in [-0.3, -0.25) is 4.98 Å². The van der Waals surface area contributed by atoms with Crippen LogP contribution in [0.15, 0.2) is 12.1 Å². The number of nitrogens with two attached hydrogens (primary N) is 1. The summed E-state index contributed by atoms with van der Waals surface area (Å²) in [6.07, 6.45) is 0.195. The summed E-state index contributed by atoms with van der Waals surface area (Å²) in [6.45, 7) is 4.14. The van der Waals surface area contributed by atoms with Crippen LogP contribution in [0.5, 0.6) is 5.75 Å². The maximum Gasteiger partial charge on any atom is 0.181 e. The van der Waals surface area contributed by atoms with Gasteiger partial charge in [0.15, 0.2) is 6.10 Å². The minimum atomic E-state index is -0.467. The Kier molecular flexibility index (Phi) is 4.07. The molecule has 0 aliphatic carbocycles. The van der Waals surface area contributed by atoms with Crippen LogP contribution in [0.3, 0.4) is 0 Å². The lowest BCUT2D eigenvalue weighted by molar-refractivity contribution is 0.272. The SMILES string of the molecule is Cc1ccc(OC(C)C#N)c(CCN)n1. The molecule has 0 spiro atoms. The number of hydrogen-bond donors (Lipinski definition) is 1. The zero-order valence-corrected chi connectivity index (χ0v) is 9.03. The van der Waals surface area contributed by atoms with Crippen molar-refractivity contribution < 1.29 is 4.74 Å². The van der Waals surface area contributed by atoms with Crippen LogP contribution in [0.2, 0.25) is 0 Å². The van der Waals surface area contributed by atoms with Crippen LogP contribution in [-0.2, 0) is 6.42 Å². The average molecular weight is 205 g/mol. The maximum absolute atomic E-state index is 8.65. The normalized spacial score (nSPS) is 11.9. The van der Waals surface area contributed by atoms with Gasteiger partial charge in [-0.1, -0.05) is 0 Å². The number of nitriles is 1. The summed E-state index contributed by atoms with van der Waals surface area (Å²) in [7, 11) is 0. The molecule has 1 unspecified atom stereocenters. The highest BCUT2D eigenvalue weighted by Gasteiger charge is 2.08. The van der Waals surface area contributed by atoms with E-state index in [4.69, 9.17) is 15.7 Å². The first-order valence-corrected chi connectivity index (χ1v) is 4.90. The molecule has 4 nitrogen and oxygen atoms in total. The summed E-state index contributed by atoms with van der Waals surface area (Å²) in [5.74, 6) is 0.653. The lowest BCUT2D eigenvalue weighted by Gasteiger charge is -2.11. The van der Waals surface area contributed by atoms with Crippen LogP contribution in [0.4, 0.5) is 0 Å². The molecule has 0 radical (unpaired) electrons. The zero-order valence-electron chi connectivity index (χ0n) is 9.03. The van der Waals surface area contributed by atoms with Crippen LogP contribution in [-0.4, -0.2) is 17.6 Å². The Morgan fingerprint density at radius 1 is 1.60 bits per heavy atom. The minimum Gasteiger partial charge on any atom is -0.474 e. The second-order valence-electron chi connectivity index (χ2n) is 3.33. The number of ether oxygens (including phenoxy) is 1. The van der Waals surface area contributed by atoms with Crippen molar-refractivity contribution in [2.45, 2.75) is 26.4 Å². The van der Waals surface area contributed by atoms with E-state index in [1.54, 1.807) is 6.92 Å². The molecule has 2 N–H and O–H groups in total. The van der Waals surface area contributed by atoms with Crippen LogP contribution in [0.1, 0.15) is 18.3 Å². The van der Waals surface area contributed by atoms with E-state index in [1.807, 2.05) is 25.1 Å². The second kappa shape index (κ2) is 5.32. The highest BCUT2D eigenvalue weighted by molar-refractivity contribution is 5.30. The first kappa shape index (κ1) is 11.5. The number of rotatable bonds is 4. The van der Waals surface area contributed by atoms with Crippen molar-refractivity contribution in [1.29, 1.82) is 5.26 Å². The van der Waals surface area contributed by atoms with Crippen molar-refractivity contribution in [3.63, 3.8) is 0 Å². The monoisotopic (exact) mass is 205 g/mol. The molecule has 0 fully saturated rings. The third-order valence-electron chi connectivity index (χ3n) is 1.94. The Bertz CT molecular complexity index is 371. The van der Waals surface area contributed by atoms with Gasteiger partial charge in [-0.2, -0.15) is 5.26 Å². The van der Waals surface area contributed by atoms with E-state index in [0.717, 1.165) is 11.4 Å².